The third-order valence-corrected chi connectivity index (χ3v) is 3.75. The Kier molecular flexibility index (Phi) is 2.74. The second-order valence-corrected chi connectivity index (χ2v) is 4.70. The van der Waals surface area contributed by atoms with E-state index in [1.165, 1.54) is 11.3 Å². The van der Waals surface area contributed by atoms with E-state index in [2.05, 4.69) is 0 Å². The van der Waals surface area contributed by atoms with Gasteiger partial charge in [0.25, 0.3) is 0 Å². The largest absolute Gasteiger partial charge is 0.286 e. The lowest BCUT2D eigenvalue weighted by Crippen LogP contribution is -2.37. The number of aryl methyl sites for hydroxylation is 1. The predicted octanol–water partition coefficient (Wildman–Crippen LogP) is 2.29. The molecule has 4 heteroatoms. The summed E-state index contributed by atoms with van der Waals surface area (Å²) in [4.78, 5) is 12.6. The number of ketones is 1. The van der Waals surface area contributed by atoms with E-state index in [1.807, 2.05) is 39.9 Å². The Bertz CT molecular complexity index is 431. The molecular weight excluding hydrogens is 214 g/mol. The van der Waals surface area contributed by atoms with E-state index in [9.17, 15) is 4.79 Å². The van der Waals surface area contributed by atoms with Gasteiger partial charge in [-0.05, 0) is 11.4 Å². The van der Waals surface area contributed by atoms with Gasteiger partial charge in [0.1, 0.15) is 0 Å². The SMILES string of the molecule is Cc1csc[n+]1CC(=O)c1cccs1. The molecule has 0 aliphatic carbocycles. The Labute approximate surface area is 90.5 Å². The third-order valence-electron chi connectivity index (χ3n) is 1.99. The molecule has 0 unspecified atom stereocenters. The predicted molar refractivity (Wildman–Crippen MR) is 57.9 cm³/mol. The van der Waals surface area contributed by atoms with Gasteiger partial charge in [-0.25, -0.2) is 0 Å². The summed E-state index contributed by atoms with van der Waals surface area (Å²) in [5, 5.41) is 3.97. The summed E-state index contributed by atoms with van der Waals surface area (Å²) in [6.45, 7) is 2.47. The second kappa shape index (κ2) is 4.02. The zero-order valence-electron chi connectivity index (χ0n) is 7.77. The van der Waals surface area contributed by atoms with Gasteiger partial charge in [0, 0.05) is 6.92 Å². The van der Waals surface area contributed by atoms with Crippen molar-refractivity contribution < 1.29 is 9.36 Å². The zero-order chi connectivity index (χ0) is 9.97. The van der Waals surface area contributed by atoms with Gasteiger partial charge >= 0.3 is 0 Å². The molecule has 14 heavy (non-hydrogen) atoms. The highest BCUT2D eigenvalue weighted by Gasteiger charge is 2.15. The molecule has 0 N–H and O–H groups in total. The minimum atomic E-state index is 0.187. The standard InChI is InChI=1S/C10H10NOS2/c1-8-6-13-7-11(8)5-9(12)10-3-2-4-14-10/h2-4,6-7H,5H2,1H3/q+1. The fraction of sp³-hybridized carbons (Fsp3) is 0.200. The summed E-state index contributed by atoms with van der Waals surface area (Å²) in [5.41, 5.74) is 3.11. The molecule has 0 saturated heterocycles. The van der Waals surface area contributed by atoms with Crippen molar-refractivity contribution >= 4 is 28.5 Å². The summed E-state index contributed by atoms with van der Waals surface area (Å²) in [7, 11) is 0. The highest BCUT2D eigenvalue weighted by Crippen LogP contribution is 2.09. The minimum Gasteiger partial charge on any atom is -0.286 e. The number of rotatable bonds is 3. The van der Waals surface area contributed by atoms with Crippen LogP contribution in [0.25, 0.3) is 0 Å². The molecule has 2 nitrogen and oxygen atoms in total. The topological polar surface area (TPSA) is 20.9 Å². The normalized spacial score (nSPS) is 10.4. The van der Waals surface area contributed by atoms with E-state index in [-0.39, 0.29) is 5.78 Å². The number of hydrogen-bond acceptors (Lipinski definition) is 3. The summed E-state index contributed by atoms with van der Waals surface area (Å²) in [6.07, 6.45) is 0. The van der Waals surface area contributed by atoms with Crippen LogP contribution in [0.1, 0.15) is 15.4 Å². The minimum absolute atomic E-state index is 0.187. The molecule has 0 aliphatic heterocycles. The van der Waals surface area contributed by atoms with Gasteiger partial charge < -0.3 is 0 Å². The van der Waals surface area contributed by atoms with Crippen LogP contribution in [0.3, 0.4) is 0 Å². The van der Waals surface area contributed by atoms with Gasteiger partial charge in [-0.3, -0.25) is 4.79 Å². The molecular formula is C10H10NOS2+. The number of nitrogens with zero attached hydrogens (tertiary/aromatic N) is 1. The van der Waals surface area contributed by atoms with Crippen LogP contribution in [0, 0.1) is 6.92 Å². The molecule has 0 aliphatic rings. The van der Waals surface area contributed by atoms with E-state index in [4.69, 9.17) is 0 Å². The molecule has 0 fully saturated rings. The van der Waals surface area contributed by atoms with Gasteiger partial charge in [-0.15, -0.1) is 11.3 Å². The number of aromatic nitrogens is 1. The molecule has 0 amide bonds. The van der Waals surface area contributed by atoms with Crippen LogP contribution >= 0.6 is 22.7 Å². The fourth-order valence-corrected chi connectivity index (χ4v) is 2.62. The van der Waals surface area contributed by atoms with Crippen LogP contribution in [0.4, 0.5) is 0 Å². The molecule has 0 saturated carbocycles. The lowest BCUT2D eigenvalue weighted by Gasteiger charge is -1.92. The molecule has 0 bridgehead atoms. The van der Waals surface area contributed by atoms with Crippen LogP contribution in [0.15, 0.2) is 28.4 Å². The molecule has 72 valence electrons. The Morgan fingerprint density at radius 2 is 2.43 bits per heavy atom. The molecule has 0 aromatic carbocycles. The van der Waals surface area contributed by atoms with Crippen molar-refractivity contribution in [2.75, 3.05) is 0 Å². The maximum absolute atomic E-state index is 11.7. The number of thiazole rings is 1. The quantitative estimate of drug-likeness (QED) is 0.579. The van der Waals surface area contributed by atoms with Crippen LogP contribution in [-0.2, 0) is 6.54 Å². The first-order valence-corrected chi connectivity index (χ1v) is 6.08. The van der Waals surface area contributed by atoms with Crippen LogP contribution in [-0.4, -0.2) is 5.78 Å². The smallest absolute Gasteiger partial charge is 0.237 e. The van der Waals surface area contributed by atoms with Crippen molar-refractivity contribution in [2.24, 2.45) is 0 Å². The van der Waals surface area contributed by atoms with Crippen molar-refractivity contribution in [1.82, 2.24) is 0 Å². The van der Waals surface area contributed by atoms with Crippen LogP contribution < -0.4 is 4.57 Å². The number of carbonyl (C=O) groups is 1. The third kappa shape index (κ3) is 1.91. The maximum atomic E-state index is 11.7. The van der Waals surface area contributed by atoms with E-state index < -0.39 is 0 Å². The molecule has 2 rings (SSSR count). The van der Waals surface area contributed by atoms with Gasteiger partial charge in [-0.2, -0.15) is 4.57 Å². The molecule has 2 aromatic heterocycles. The Morgan fingerprint density at radius 3 is 3.00 bits per heavy atom. The van der Waals surface area contributed by atoms with Crippen LogP contribution in [0.5, 0.6) is 0 Å². The summed E-state index contributed by atoms with van der Waals surface area (Å²) < 4.78 is 1.98. The monoisotopic (exact) mass is 224 g/mol. The first-order valence-electron chi connectivity index (χ1n) is 4.26. The Hall–Kier alpha value is -1.000. The first kappa shape index (κ1) is 9.55. The number of thiophene rings is 1. The van der Waals surface area contributed by atoms with Crippen LogP contribution in [0.2, 0.25) is 0 Å². The van der Waals surface area contributed by atoms with Gasteiger partial charge in [0.05, 0.1) is 10.3 Å². The van der Waals surface area contributed by atoms with Crippen molar-refractivity contribution in [3.63, 3.8) is 0 Å². The van der Waals surface area contributed by atoms with Crippen molar-refractivity contribution in [3.8, 4) is 0 Å². The highest BCUT2D eigenvalue weighted by atomic mass is 32.1. The summed E-state index contributed by atoms with van der Waals surface area (Å²) in [6, 6.07) is 3.78. The van der Waals surface area contributed by atoms with E-state index in [0.29, 0.717) is 6.54 Å². The lowest BCUT2D eigenvalue weighted by atomic mass is 10.3. The summed E-state index contributed by atoms with van der Waals surface area (Å²) in [5.74, 6) is 0.187. The fourth-order valence-electron chi connectivity index (χ4n) is 1.19. The van der Waals surface area contributed by atoms with E-state index in [1.54, 1.807) is 11.3 Å². The number of Topliss-reactive ketones (excluding diaryl/α,β-unsaturated/α-hetero) is 1. The molecule has 0 radical (unpaired) electrons. The van der Waals surface area contributed by atoms with Gasteiger partial charge in [-0.1, -0.05) is 17.4 Å². The summed E-state index contributed by atoms with van der Waals surface area (Å²) >= 11 is 3.12. The van der Waals surface area contributed by atoms with Gasteiger partial charge in [0.15, 0.2) is 5.69 Å². The first-order chi connectivity index (χ1) is 6.77. The van der Waals surface area contributed by atoms with Crippen molar-refractivity contribution in [1.29, 1.82) is 0 Å². The van der Waals surface area contributed by atoms with E-state index >= 15 is 0 Å². The molecule has 0 spiro atoms. The molecule has 2 heterocycles. The average molecular weight is 224 g/mol. The maximum Gasteiger partial charge on any atom is 0.237 e. The highest BCUT2D eigenvalue weighted by molar-refractivity contribution is 7.12. The van der Waals surface area contributed by atoms with Crippen molar-refractivity contribution in [2.45, 2.75) is 13.5 Å². The zero-order valence-corrected chi connectivity index (χ0v) is 9.40. The Balaban J connectivity index is 2.13. The molecule has 2 aromatic rings. The molecule has 0 atom stereocenters. The second-order valence-electron chi connectivity index (χ2n) is 3.03. The number of hydrogen-bond donors (Lipinski definition) is 0. The number of carbonyl (C=O) groups excluding carboxylic acids is 1. The van der Waals surface area contributed by atoms with Crippen molar-refractivity contribution in [3.05, 3.63) is 39.0 Å². The lowest BCUT2D eigenvalue weighted by molar-refractivity contribution is -0.684. The Morgan fingerprint density at radius 1 is 1.57 bits per heavy atom. The van der Waals surface area contributed by atoms with Gasteiger partial charge in [0.2, 0.25) is 17.8 Å². The van der Waals surface area contributed by atoms with E-state index in [0.717, 1.165) is 10.6 Å². The average Bonchev–Trinajstić information content (AvgIpc) is 2.77.